The Morgan fingerprint density at radius 2 is 1.59 bits per heavy atom. The van der Waals surface area contributed by atoms with Crippen LogP contribution in [0.15, 0.2) is 41.3 Å². The zero-order chi connectivity index (χ0) is 21.1. The Bertz CT molecular complexity index is 985. The Kier molecular flexibility index (Phi) is 4.62. The summed E-state index contributed by atoms with van der Waals surface area (Å²) < 4.78 is 22.7. The van der Waals surface area contributed by atoms with Crippen LogP contribution >= 0.6 is 0 Å². The predicted molar refractivity (Wildman–Crippen MR) is 105 cm³/mol. The molecule has 1 aromatic carbocycles. The highest BCUT2D eigenvalue weighted by atomic mass is 32.2. The molecule has 8 nitrogen and oxygen atoms in total. The van der Waals surface area contributed by atoms with Crippen molar-refractivity contribution in [2.45, 2.75) is 31.2 Å². The molecule has 1 heterocycles. The fourth-order valence-electron chi connectivity index (χ4n) is 4.86. The Labute approximate surface area is 169 Å². The van der Waals surface area contributed by atoms with Crippen LogP contribution < -0.4 is 10.5 Å². The first kappa shape index (κ1) is 19.8. The molecule has 9 heteroatoms. The summed E-state index contributed by atoms with van der Waals surface area (Å²) in [5, 5.41) is 7.77. The molecule has 3 amide bonds. The Morgan fingerprint density at radius 1 is 1.07 bits per heavy atom. The SMILES string of the molecule is CC(C)[C@H](C(=O)Nc1ccc(S(N)(=O)=O)cc1)N1C(=O)[C@@H]2[C@H](C1=O)[C@H]1C=C[C@H]2C1. The summed E-state index contributed by atoms with van der Waals surface area (Å²) in [4.78, 5) is 40.2. The van der Waals surface area contributed by atoms with E-state index in [0.29, 0.717) is 5.69 Å². The minimum atomic E-state index is -3.84. The van der Waals surface area contributed by atoms with Gasteiger partial charge in [-0.1, -0.05) is 26.0 Å². The van der Waals surface area contributed by atoms with Crippen LogP contribution in [0.2, 0.25) is 0 Å². The van der Waals surface area contributed by atoms with Gasteiger partial charge in [-0.15, -0.1) is 0 Å². The maximum atomic E-state index is 13.1. The molecule has 3 N–H and O–H groups in total. The van der Waals surface area contributed by atoms with Gasteiger partial charge in [-0.05, 0) is 48.4 Å². The number of fused-ring (bicyclic) bond motifs is 5. The zero-order valence-electron chi connectivity index (χ0n) is 16.1. The number of hydrogen-bond donors (Lipinski definition) is 2. The van der Waals surface area contributed by atoms with Crippen molar-refractivity contribution in [1.82, 2.24) is 4.90 Å². The van der Waals surface area contributed by atoms with E-state index in [1.807, 2.05) is 12.2 Å². The summed E-state index contributed by atoms with van der Waals surface area (Å²) in [7, 11) is -3.84. The van der Waals surface area contributed by atoms with Crippen LogP contribution in [0.5, 0.6) is 0 Å². The van der Waals surface area contributed by atoms with Crippen LogP contribution in [0.25, 0.3) is 0 Å². The molecule has 2 bridgehead atoms. The lowest BCUT2D eigenvalue weighted by Crippen LogP contribution is -2.51. The lowest BCUT2D eigenvalue weighted by atomic mass is 9.85. The Morgan fingerprint density at radius 3 is 2.03 bits per heavy atom. The summed E-state index contributed by atoms with van der Waals surface area (Å²) in [6.45, 7) is 3.58. The fraction of sp³-hybridized carbons (Fsp3) is 0.450. The molecular formula is C20H23N3O5S. The second-order valence-corrected chi connectivity index (χ2v) is 9.86. The summed E-state index contributed by atoms with van der Waals surface area (Å²) in [5.74, 6) is -1.87. The normalized spacial score (nSPS) is 28.9. The van der Waals surface area contributed by atoms with Gasteiger partial charge in [-0.25, -0.2) is 13.6 Å². The van der Waals surface area contributed by atoms with Gasteiger partial charge in [0.2, 0.25) is 27.7 Å². The van der Waals surface area contributed by atoms with Crippen LogP contribution in [0.4, 0.5) is 5.69 Å². The second kappa shape index (κ2) is 6.77. The van der Waals surface area contributed by atoms with E-state index < -0.39 is 22.0 Å². The summed E-state index contributed by atoms with van der Waals surface area (Å²) in [6, 6.07) is 4.48. The molecule has 154 valence electrons. The van der Waals surface area contributed by atoms with Gasteiger partial charge in [-0.3, -0.25) is 19.3 Å². The summed E-state index contributed by atoms with van der Waals surface area (Å²) in [6.07, 6.45) is 4.85. The molecular weight excluding hydrogens is 394 g/mol. The first-order valence-corrected chi connectivity index (χ1v) is 11.1. The number of hydrogen-bond acceptors (Lipinski definition) is 5. The van der Waals surface area contributed by atoms with Gasteiger partial charge in [0.1, 0.15) is 6.04 Å². The van der Waals surface area contributed by atoms with Crippen molar-refractivity contribution in [3.63, 3.8) is 0 Å². The van der Waals surface area contributed by atoms with Gasteiger partial charge in [0.25, 0.3) is 0 Å². The van der Waals surface area contributed by atoms with E-state index in [1.54, 1.807) is 13.8 Å². The molecule has 0 aromatic heterocycles. The number of primary sulfonamides is 1. The standard InChI is InChI=1S/C20H23N3O5S/c1-10(2)17(18(24)22-13-5-7-14(8-6-13)29(21,27)28)23-19(25)15-11-3-4-12(9-11)16(15)20(23)26/h3-8,10-12,15-17H,9H2,1-2H3,(H,22,24)(H2,21,27,28)/t11-,12-,15-,16+,17+/m0/s1. The number of nitrogens with one attached hydrogen (secondary N) is 1. The number of sulfonamides is 1. The summed E-state index contributed by atoms with van der Waals surface area (Å²) >= 11 is 0. The van der Waals surface area contributed by atoms with E-state index >= 15 is 0 Å². The van der Waals surface area contributed by atoms with Gasteiger partial charge in [0, 0.05) is 5.69 Å². The maximum Gasteiger partial charge on any atom is 0.247 e. The molecule has 2 fully saturated rings. The molecule has 1 saturated heterocycles. The van der Waals surface area contributed by atoms with Crippen molar-refractivity contribution in [3.05, 3.63) is 36.4 Å². The molecule has 2 aliphatic carbocycles. The minimum absolute atomic E-state index is 0.0726. The number of nitrogens with two attached hydrogens (primary N) is 1. The lowest BCUT2D eigenvalue weighted by Gasteiger charge is -2.29. The smallest absolute Gasteiger partial charge is 0.247 e. The molecule has 0 spiro atoms. The number of carbonyl (C=O) groups is 3. The van der Waals surface area contributed by atoms with Crippen LogP contribution in [0.3, 0.4) is 0 Å². The topological polar surface area (TPSA) is 127 Å². The predicted octanol–water partition coefficient (Wildman–Crippen LogP) is 1.10. The molecule has 1 saturated carbocycles. The molecule has 1 aliphatic heterocycles. The van der Waals surface area contributed by atoms with Crippen LogP contribution in [-0.2, 0) is 24.4 Å². The highest BCUT2D eigenvalue weighted by Crippen LogP contribution is 2.53. The van der Waals surface area contributed by atoms with Crippen LogP contribution in [0, 0.1) is 29.6 Å². The van der Waals surface area contributed by atoms with Crippen LogP contribution in [-0.4, -0.2) is 37.1 Å². The summed E-state index contributed by atoms with van der Waals surface area (Å²) in [5.41, 5.74) is 0.356. The van der Waals surface area contributed by atoms with E-state index in [1.165, 1.54) is 24.3 Å². The third-order valence-corrected chi connectivity index (χ3v) is 7.06. The first-order valence-electron chi connectivity index (χ1n) is 9.58. The Hall–Kier alpha value is -2.52. The third-order valence-electron chi connectivity index (χ3n) is 6.13. The van der Waals surface area contributed by atoms with E-state index in [0.717, 1.165) is 11.3 Å². The molecule has 1 aromatic rings. The van der Waals surface area contributed by atoms with E-state index in [9.17, 15) is 22.8 Å². The highest BCUT2D eigenvalue weighted by molar-refractivity contribution is 7.89. The van der Waals surface area contributed by atoms with E-state index in [2.05, 4.69) is 5.32 Å². The van der Waals surface area contributed by atoms with Crippen molar-refractivity contribution in [3.8, 4) is 0 Å². The van der Waals surface area contributed by atoms with Crippen LogP contribution in [0.1, 0.15) is 20.3 Å². The fourth-order valence-corrected chi connectivity index (χ4v) is 5.38. The van der Waals surface area contributed by atoms with Gasteiger partial charge < -0.3 is 5.32 Å². The number of allylic oxidation sites excluding steroid dienone is 2. The molecule has 29 heavy (non-hydrogen) atoms. The maximum absolute atomic E-state index is 13.1. The average molecular weight is 417 g/mol. The van der Waals surface area contributed by atoms with Crippen molar-refractivity contribution >= 4 is 33.4 Å². The number of carbonyl (C=O) groups excluding carboxylic acids is 3. The average Bonchev–Trinajstić information content (AvgIpc) is 3.31. The lowest BCUT2D eigenvalue weighted by molar-refractivity contribution is -0.148. The van der Waals surface area contributed by atoms with E-state index in [4.69, 9.17) is 5.14 Å². The molecule has 3 aliphatic rings. The number of anilines is 1. The number of benzene rings is 1. The van der Waals surface area contributed by atoms with Crippen molar-refractivity contribution in [2.24, 2.45) is 34.7 Å². The zero-order valence-corrected chi connectivity index (χ0v) is 16.9. The number of rotatable bonds is 5. The van der Waals surface area contributed by atoms with Gasteiger partial charge in [-0.2, -0.15) is 0 Å². The van der Waals surface area contributed by atoms with Gasteiger partial charge in [0.15, 0.2) is 0 Å². The first-order chi connectivity index (χ1) is 13.6. The van der Waals surface area contributed by atoms with Gasteiger partial charge in [0.05, 0.1) is 16.7 Å². The third kappa shape index (κ3) is 3.18. The highest BCUT2D eigenvalue weighted by Gasteiger charge is 2.61. The van der Waals surface area contributed by atoms with Crippen molar-refractivity contribution in [1.29, 1.82) is 0 Å². The molecule has 4 rings (SSSR count). The molecule has 0 radical (unpaired) electrons. The number of imide groups is 1. The minimum Gasteiger partial charge on any atom is -0.324 e. The van der Waals surface area contributed by atoms with Crippen molar-refractivity contribution < 1.29 is 22.8 Å². The molecule has 5 atom stereocenters. The largest absolute Gasteiger partial charge is 0.324 e. The Balaban J connectivity index is 1.56. The number of nitrogens with zero attached hydrogens (tertiary/aromatic N) is 1. The van der Waals surface area contributed by atoms with E-state index in [-0.39, 0.29) is 46.3 Å². The monoisotopic (exact) mass is 417 g/mol. The molecule has 0 unspecified atom stereocenters. The van der Waals surface area contributed by atoms with Crippen molar-refractivity contribution in [2.75, 3.05) is 5.32 Å². The second-order valence-electron chi connectivity index (χ2n) is 8.29. The number of likely N-dealkylation sites (tertiary alicyclic amines) is 1. The number of amides is 3. The van der Waals surface area contributed by atoms with Gasteiger partial charge >= 0.3 is 0 Å². The quantitative estimate of drug-likeness (QED) is 0.548.